The van der Waals surface area contributed by atoms with Gasteiger partial charge in [-0.2, -0.15) is 0 Å². The van der Waals surface area contributed by atoms with E-state index in [0.717, 1.165) is 0 Å². The van der Waals surface area contributed by atoms with Crippen LogP contribution in [0.15, 0.2) is 48.8 Å². The first kappa shape index (κ1) is 17.3. The summed E-state index contributed by atoms with van der Waals surface area (Å²) in [6.45, 7) is 0.382. The molecule has 4 rings (SSSR count). The third-order valence-corrected chi connectivity index (χ3v) is 4.91. The van der Waals surface area contributed by atoms with E-state index in [1.165, 1.54) is 6.07 Å². The molecule has 3 aromatic rings. The van der Waals surface area contributed by atoms with Gasteiger partial charge in [0.15, 0.2) is 0 Å². The Morgan fingerprint density at radius 3 is 2.44 bits per heavy atom. The van der Waals surface area contributed by atoms with Crippen LogP contribution in [-0.4, -0.2) is 32.9 Å². The molecule has 0 amide bonds. The summed E-state index contributed by atoms with van der Waals surface area (Å²) in [6, 6.07) is 10.1. The largest absolute Gasteiger partial charge is 0.368 e. The zero-order valence-electron chi connectivity index (χ0n) is 14.4. The van der Waals surface area contributed by atoms with Gasteiger partial charge >= 0.3 is 0 Å². The first-order chi connectivity index (χ1) is 13.1. The molecule has 0 spiro atoms. The summed E-state index contributed by atoms with van der Waals surface area (Å²) in [6.07, 6.45) is 2.81. The Balaban J connectivity index is 1.49. The number of nitrogens with zero attached hydrogens (tertiary/aromatic N) is 4. The van der Waals surface area contributed by atoms with Crippen LogP contribution in [-0.2, 0) is 5.41 Å². The fourth-order valence-corrected chi connectivity index (χ4v) is 3.45. The van der Waals surface area contributed by atoms with Crippen molar-refractivity contribution in [2.45, 2.75) is 24.4 Å². The second kappa shape index (κ2) is 6.86. The average Bonchev–Trinajstić information content (AvgIpc) is 2.66. The van der Waals surface area contributed by atoms with Crippen molar-refractivity contribution in [3.63, 3.8) is 0 Å². The third-order valence-electron chi connectivity index (χ3n) is 4.91. The van der Waals surface area contributed by atoms with Crippen LogP contribution in [0.3, 0.4) is 0 Å². The minimum atomic E-state index is -0.912. The minimum absolute atomic E-state index is 0.190. The smallest absolute Gasteiger partial charge is 0.219 e. The van der Waals surface area contributed by atoms with Crippen LogP contribution in [0.1, 0.15) is 18.4 Å². The van der Waals surface area contributed by atoms with Gasteiger partial charge < -0.3 is 11.1 Å². The predicted octanol–water partition coefficient (Wildman–Crippen LogP) is 3.14. The van der Waals surface area contributed by atoms with Crippen LogP contribution in [0.2, 0.25) is 0 Å². The lowest BCUT2D eigenvalue weighted by atomic mass is 9.63. The molecule has 1 aliphatic rings. The van der Waals surface area contributed by atoms with E-state index in [1.54, 1.807) is 42.7 Å². The molecule has 3 N–H and O–H groups in total. The summed E-state index contributed by atoms with van der Waals surface area (Å²) < 4.78 is 27.9. The molecule has 1 aliphatic carbocycles. The van der Waals surface area contributed by atoms with Gasteiger partial charge in [0.05, 0.1) is 5.69 Å². The third kappa shape index (κ3) is 3.42. The van der Waals surface area contributed by atoms with E-state index in [4.69, 9.17) is 5.73 Å². The van der Waals surface area contributed by atoms with Gasteiger partial charge in [-0.1, -0.05) is 18.2 Å². The number of rotatable bonds is 5. The molecule has 1 saturated carbocycles. The van der Waals surface area contributed by atoms with Crippen molar-refractivity contribution in [2.75, 3.05) is 17.6 Å². The zero-order chi connectivity index (χ0) is 18.9. The molecule has 1 aromatic carbocycles. The maximum Gasteiger partial charge on any atom is 0.219 e. The normalized spacial score (nSPS) is 21.5. The van der Waals surface area contributed by atoms with Crippen molar-refractivity contribution in [1.29, 1.82) is 0 Å². The van der Waals surface area contributed by atoms with E-state index in [9.17, 15) is 8.78 Å². The van der Waals surface area contributed by atoms with Gasteiger partial charge in [0.25, 0.3) is 0 Å². The molecule has 0 saturated heterocycles. The van der Waals surface area contributed by atoms with Crippen molar-refractivity contribution >= 4 is 11.8 Å². The maximum atomic E-state index is 14.2. The Kier molecular flexibility index (Phi) is 4.39. The topological polar surface area (TPSA) is 89.6 Å². The fraction of sp³-hybridized carbons (Fsp3) is 0.263. The quantitative estimate of drug-likeness (QED) is 0.719. The summed E-state index contributed by atoms with van der Waals surface area (Å²) in [5, 5.41) is 11.4. The summed E-state index contributed by atoms with van der Waals surface area (Å²) in [5.74, 6) is 0.416. The van der Waals surface area contributed by atoms with E-state index >= 15 is 0 Å². The highest BCUT2D eigenvalue weighted by Gasteiger charge is 2.47. The van der Waals surface area contributed by atoms with Gasteiger partial charge in [0, 0.05) is 29.9 Å². The van der Waals surface area contributed by atoms with Crippen LogP contribution >= 0.6 is 0 Å². The van der Waals surface area contributed by atoms with Crippen LogP contribution in [0.4, 0.5) is 20.5 Å². The number of benzene rings is 1. The van der Waals surface area contributed by atoms with E-state index in [-0.39, 0.29) is 24.6 Å². The molecule has 6 nitrogen and oxygen atoms in total. The van der Waals surface area contributed by atoms with Gasteiger partial charge in [-0.25, -0.2) is 18.7 Å². The summed E-state index contributed by atoms with van der Waals surface area (Å²) in [7, 11) is 0. The molecule has 0 bridgehead atoms. The number of aromatic nitrogens is 4. The Labute approximate surface area is 154 Å². The minimum Gasteiger partial charge on any atom is -0.368 e. The maximum absolute atomic E-state index is 14.2. The number of nitrogen functional groups attached to an aromatic ring is 1. The molecule has 8 heteroatoms. The molecule has 0 radical (unpaired) electrons. The summed E-state index contributed by atoms with van der Waals surface area (Å²) in [4.78, 5) is 7.85. The van der Waals surface area contributed by atoms with Gasteiger partial charge in [-0.3, -0.25) is 0 Å². The Hall–Kier alpha value is -3.16. The van der Waals surface area contributed by atoms with Crippen LogP contribution in [0.5, 0.6) is 0 Å². The van der Waals surface area contributed by atoms with Gasteiger partial charge in [-0.05, 0) is 36.6 Å². The Morgan fingerprint density at radius 1 is 1.07 bits per heavy atom. The van der Waals surface area contributed by atoms with Crippen molar-refractivity contribution < 1.29 is 8.78 Å². The fourth-order valence-electron chi connectivity index (χ4n) is 3.45. The summed E-state index contributed by atoms with van der Waals surface area (Å²) >= 11 is 0. The number of hydrogen-bond acceptors (Lipinski definition) is 6. The number of anilines is 2. The van der Waals surface area contributed by atoms with Crippen LogP contribution in [0, 0.1) is 5.82 Å². The highest BCUT2D eigenvalue weighted by atomic mass is 19.1. The van der Waals surface area contributed by atoms with Gasteiger partial charge in [0.2, 0.25) is 5.95 Å². The van der Waals surface area contributed by atoms with Crippen molar-refractivity contribution in [3.05, 3.63) is 60.2 Å². The second-order valence-electron chi connectivity index (χ2n) is 6.75. The van der Waals surface area contributed by atoms with E-state index in [1.807, 2.05) is 0 Å². The highest BCUT2D eigenvalue weighted by Crippen LogP contribution is 2.46. The number of halogens is 2. The number of nitrogens with one attached hydrogen (secondary N) is 1. The average molecular weight is 368 g/mol. The van der Waals surface area contributed by atoms with E-state index < -0.39 is 11.6 Å². The molecule has 27 heavy (non-hydrogen) atoms. The Morgan fingerprint density at radius 2 is 1.81 bits per heavy atom. The van der Waals surface area contributed by atoms with Gasteiger partial charge in [-0.15, -0.1) is 10.2 Å². The first-order valence-electron chi connectivity index (χ1n) is 8.60. The molecule has 0 unspecified atom stereocenters. The van der Waals surface area contributed by atoms with E-state index in [2.05, 4.69) is 25.5 Å². The molecule has 0 aliphatic heterocycles. The summed E-state index contributed by atoms with van der Waals surface area (Å²) in [5.41, 5.74) is 6.75. The van der Waals surface area contributed by atoms with Crippen LogP contribution in [0.25, 0.3) is 11.3 Å². The predicted molar refractivity (Wildman–Crippen MR) is 98.2 cm³/mol. The standard InChI is InChI=1S/C19H18F2N6/c20-13-7-19(8-13,14-3-1-2-4-15(14)21)11-25-17-6-5-16(26-27-17)12-9-23-18(22)24-10-12/h1-6,9-10,13H,7-8,11H2,(H,25,27)(H2,22,23,24). The molecule has 0 atom stereocenters. The van der Waals surface area contributed by atoms with Crippen molar-refractivity contribution in [3.8, 4) is 11.3 Å². The Bertz CT molecular complexity index is 924. The monoisotopic (exact) mass is 368 g/mol. The molecule has 2 heterocycles. The van der Waals surface area contributed by atoms with Crippen molar-refractivity contribution in [2.24, 2.45) is 0 Å². The number of hydrogen-bond donors (Lipinski definition) is 2. The van der Waals surface area contributed by atoms with Crippen LogP contribution < -0.4 is 11.1 Å². The number of nitrogens with two attached hydrogens (primary N) is 1. The molecular formula is C19H18F2N6. The molecular weight excluding hydrogens is 350 g/mol. The molecule has 138 valence electrons. The van der Waals surface area contributed by atoms with Gasteiger partial charge in [0.1, 0.15) is 17.8 Å². The first-order valence-corrected chi connectivity index (χ1v) is 8.60. The lowest BCUT2D eigenvalue weighted by Gasteiger charge is -2.45. The zero-order valence-corrected chi connectivity index (χ0v) is 14.4. The van der Waals surface area contributed by atoms with E-state index in [0.29, 0.717) is 29.2 Å². The van der Waals surface area contributed by atoms with Crippen molar-refractivity contribution in [1.82, 2.24) is 20.2 Å². The lowest BCUT2D eigenvalue weighted by Crippen LogP contribution is -2.48. The highest BCUT2D eigenvalue weighted by molar-refractivity contribution is 5.57. The lowest BCUT2D eigenvalue weighted by molar-refractivity contribution is 0.100. The molecule has 2 aromatic heterocycles. The molecule has 1 fully saturated rings. The second-order valence-corrected chi connectivity index (χ2v) is 6.75. The number of alkyl halides is 1. The SMILES string of the molecule is Nc1ncc(-c2ccc(NCC3(c4ccccc4F)CC(F)C3)nn2)cn1.